The number of hydrogen-bond acceptors (Lipinski definition) is 8. The van der Waals surface area contributed by atoms with Crippen LogP contribution in [0.4, 0.5) is 5.13 Å². The number of hydrogen-bond donors (Lipinski definition) is 3. The molecule has 0 fully saturated rings. The fourth-order valence-electron chi connectivity index (χ4n) is 0.831. The highest BCUT2D eigenvalue weighted by Gasteiger charge is 2.16. The Hall–Kier alpha value is -1.96. The molecule has 0 bridgehead atoms. The number of nitrogens with two attached hydrogens (primary N) is 2. The molecule has 0 aromatic carbocycles. The van der Waals surface area contributed by atoms with E-state index in [1.54, 1.807) is 6.20 Å². The van der Waals surface area contributed by atoms with Crippen LogP contribution in [-0.4, -0.2) is 22.4 Å². The van der Waals surface area contributed by atoms with Crippen molar-refractivity contribution in [2.45, 2.75) is 0 Å². The van der Waals surface area contributed by atoms with Gasteiger partial charge in [-0.25, -0.2) is 4.98 Å². The van der Waals surface area contributed by atoms with Crippen LogP contribution in [0, 0.1) is 0 Å². The molecule has 5 N–H and O–H groups in total. The predicted octanol–water partition coefficient (Wildman–Crippen LogP) is -0.446. The third-order valence-corrected chi connectivity index (χ3v) is 2.12. The van der Waals surface area contributed by atoms with Crippen molar-refractivity contribution in [2.75, 3.05) is 5.43 Å². The van der Waals surface area contributed by atoms with Gasteiger partial charge < -0.3 is 11.5 Å². The van der Waals surface area contributed by atoms with E-state index in [1.165, 1.54) is 11.3 Å². The van der Waals surface area contributed by atoms with Gasteiger partial charge in [-0.2, -0.15) is 5.10 Å². The van der Waals surface area contributed by atoms with Gasteiger partial charge in [0.05, 0.1) is 0 Å². The topological polar surface area (TPSA) is 114 Å². The first-order valence-corrected chi connectivity index (χ1v) is 4.56. The Balaban J connectivity index is 2.12. The van der Waals surface area contributed by atoms with Gasteiger partial charge in [0.25, 0.3) is 0 Å². The molecule has 0 aliphatic carbocycles. The van der Waals surface area contributed by atoms with E-state index in [1.807, 2.05) is 5.38 Å². The molecular formula is C6H7N7S. The summed E-state index contributed by atoms with van der Waals surface area (Å²) in [5.74, 6) is 0.401. The molecule has 0 radical (unpaired) electrons. The lowest BCUT2D eigenvalue weighted by Crippen LogP contribution is -2.32. The average Bonchev–Trinajstić information content (AvgIpc) is 2.76. The van der Waals surface area contributed by atoms with Gasteiger partial charge in [0.15, 0.2) is 17.4 Å². The monoisotopic (exact) mass is 209 g/mol. The second-order valence-electron chi connectivity index (χ2n) is 2.38. The fraction of sp³-hybridized carbons (Fsp3) is 0. The highest BCUT2D eigenvalue weighted by Crippen LogP contribution is 2.10. The van der Waals surface area contributed by atoms with Gasteiger partial charge in [0, 0.05) is 11.6 Å². The summed E-state index contributed by atoms with van der Waals surface area (Å²) in [5, 5.41) is 13.5. The molecule has 2 heterocycles. The van der Waals surface area contributed by atoms with Crippen LogP contribution in [0.3, 0.4) is 0 Å². The van der Waals surface area contributed by atoms with Crippen LogP contribution in [0.25, 0.3) is 0 Å². The number of rotatable bonds is 2. The predicted molar refractivity (Wildman–Crippen MR) is 56.4 cm³/mol. The minimum absolute atomic E-state index is 0.201. The van der Waals surface area contributed by atoms with E-state index < -0.39 is 0 Å². The van der Waals surface area contributed by atoms with Crippen molar-refractivity contribution in [1.29, 1.82) is 0 Å². The summed E-state index contributed by atoms with van der Waals surface area (Å²) >= 11 is 1.42. The van der Waals surface area contributed by atoms with E-state index in [4.69, 9.17) is 11.5 Å². The van der Waals surface area contributed by atoms with Crippen LogP contribution < -0.4 is 16.9 Å². The Morgan fingerprint density at radius 3 is 2.57 bits per heavy atom. The average molecular weight is 209 g/mol. The first-order valence-electron chi connectivity index (χ1n) is 3.68. The molecule has 1 aromatic rings. The van der Waals surface area contributed by atoms with Gasteiger partial charge in [-0.3, -0.25) is 5.43 Å². The van der Waals surface area contributed by atoms with Gasteiger partial charge >= 0.3 is 0 Å². The molecule has 0 spiro atoms. The first kappa shape index (κ1) is 8.63. The molecule has 0 unspecified atom stereocenters. The van der Waals surface area contributed by atoms with E-state index in [0.29, 0.717) is 10.8 Å². The lowest BCUT2D eigenvalue weighted by Gasteiger charge is -1.97. The number of thiazole rings is 1. The summed E-state index contributed by atoms with van der Waals surface area (Å²) in [6.45, 7) is 0. The van der Waals surface area contributed by atoms with E-state index in [2.05, 4.69) is 25.7 Å². The van der Waals surface area contributed by atoms with Crippen LogP contribution in [0.5, 0.6) is 0 Å². The number of aromatic nitrogens is 1. The molecular weight excluding hydrogens is 202 g/mol. The van der Waals surface area contributed by atoms with Gasteiger partial charge in [-0.05, 0) is 0 Å². The summed E-state index contributed by atoms with van der Waals surface area (Å²) in [6, 6.07) is 0. The van der Waals surface area contributed by atoms with Crippen molar-refractivity contribution < 1.29 is 0 Å². The van der Waals surface area contributed by atoms with Crippen molar-refractivity contribution in [1.82, 2.24) is 4.98 Å². The van der Waals surface area contributed by atoms with Crippen LogP contribution in [0.1, 0.15) is 0 Å². The molecule has 1 aliphatic rings. The van der Waals surface area contributed by atoms with Crippen molar-refractivity contribution in [3.63, 3.8) is 0 Å². The third-order valence-electron chi connectivity index (χ3n) is 1.45. The van der Waals surface area contributed by atoms with Crippen molar-refractivity contribution in [2.24, 2.45) is 26.8 Å². The van der Waals surface area contributed by atoms with Gasteiger partial charge in [-0.1, -0.05) is 0 Å². The van der Waals surface area contributed by atoms with Crippen molar-refractivity contribution >= 4 is 33.9 Å². The van der Waals surface area contributed by atoms with E-state index in [-0.39, 0.29) is 11.7 Å². The smallest absolute Gasteiger partial charge is 0.203 e. The second-order valence-corrected chi connectivity index (χ2v) is 3.27. The summed E-state index contributed by atoms with van der Waals surface area (Å²) in [6.07, 6.45) is 1.66. The maximum absolute atomic E-state index is 5.48. The highest BCUT2D eigenvalue weighted by atomic mass is 32.1. The zero-order valence-electron chi connectivity index (χ0n) is 7.01. The molecule has 0 saturated carbocycles. The molecule has 8 heteroatoms. The Bertz CT molecular complexity index is 395. The maximum Gasteiger partial charge on any atom is 0.203 e. The number of hydrazone groups is 1. The molecule has 1 aromatic heterocycles. The normalized spacial score (nSPS) is 15.0. The lowest BCUT2D eigenvalue weighted by molar-refractivity contribution is 1.25. The molecule has 1 aliphatic heterocycles. The van der Waals surface area contributed by atoms with E-state index in [9.17, 15) is 0 Å². The van der Waals surface area contributed by atoms with Crippen molar-refractivity contribution in [3.05, 3.63) is 11.6 Å². The number of nitrogens with one attached hydrogen (secondary N) is 1. The van der Waals surface area contributed by atoms with Gasteiger partial charge in [0.2, 0.25) is 5.13 Å². The SMILES string of the molecule is NC1=NN=C(N)C1=NNc1nccs1. The van der Waals surface area contributed by atoms with E-state index >= 15 is 0 Å². The zero-order valence-corrected chi connectivity index (χ0v) is 7.82. The molecule has 14 heavy (non-hydrogen) atoms. The van der Waals surface area contributed by atoms with Crippen LogP contribution in [-0.2, 0) is 0 Å². The molecule has 7 nitrogen and oxygen atoms in total. The third kappa shape index (κ3) is 1.55. The Labute approximate surface area is 83.2 Å². The fourth-order valence-corrected chi connectivity index (χ4v) is 1.30. The van der Waals surface area contributed by atoms with Crippen LogP contribution in [0.15, 0.2) is 26.9 Å². The minimum Gasteiger partial charge on any atom is -0.380 e. The van der Waals surface area contributed by atoms with Crippen LogP contribution >= 0.6 is 11.3 Å². The number of anilines is 1. The Morgan fingerprint density at radius 2 is 2.00 bits per heavy atom. The molecule has 0 saturated heterocycles. The van der Waals surface area contributed by atoms with Crippen LogP contribution in [0.2, 0.25) is 0 Å². The van der Waals surface area contributed by atoms with Gasteiger partial charge in [0.1, 0.15) is 0 Å². The molecule has 0 atom stereocenters. The number of amidine groups is 2. The summed E-state index contributed by atoms with van der Waals surface area (Å²) in [5.41, 5.74) is 14.0. The maximum atomic E-state index is 5.48. The summed E-state index contributed by atoms with van der Waals surface area (Å²) < 4.78 is 0. The molecule has 0 amide bonds. The number of nitrogens with zero attached hydrogens (tertiary/aromatic N) is 4. The summed E-state index contributed by atoms with van der Waals surface area (Å²) in [7, 11) is 0. The largest absolute Gasteiger partial charge is 0.380 e. The van der Waals surface area contributed by atoms with E-state index in [0.717, 1.165) is 0 Å². The molecule has 2 rings (SSSR count). The zero-order chi connectivity index (χ0) is 9.97. The Kier molecular flexibility index (Phi) is 2.11. The first-order chi connectivity index (χ1) is 6.77. The highest BCUT2D eigenvalue weighted by molar-refractivity contribution is 7.13. The van der Waals surface area contributed by atoms with Gasteiger partial charge in [-0.15, -0.1) is 21.5 Å². The summed E-state index contributed by atoms with van der Waals surface area (Å²) in [4.78, 5) is 3.97. The quantitative estimate of drug-likeness (QED) is 0.572. The van der Waals surface area contributed by atoms with Crippen molar-refractivity contribution in [3.8, 4) is 0 Å². The Morgan fingerprint density at radius 1 is 1.29 bits per heavy atom. The second kappa shape index (κ2) is 3.42. The standard InChI is InChI=1S/C6H7N7S/c7-4-3(5(8)12-11-4)10-13-6-9-1-2-14-6/h1-2H,(H,9,13)(H4,7,8,10,11,12). The molecule has 72 valence electrons. The lowest BCUT2D eigenvalue weighted by atomic mass is 10.3. The minimum atomic E-state index is 0.201.